The van der Waals surface area contributed by atoms with Crippen LogP contribution in [0.3, 0.4) is 0 Å². The van der Waals surface area contributed by atoms with E-state index in [-0.39, 0.29) is 17.9 Å². The second-order valence-corrected chi connectivity index (χ2v) is 6.20. The number of para-hydroxylation sites is 1. The third kappa shape index (κ3) is 4.35. The van der Waals surface area contributed by atoms with Crippen LogP contribution in [-0.4, -0.2) is 48.3 Å². The van der Waals surface area contributed by atoms with Gasteiger partial charge in [-0.1, -0.05) is 23.7 Å². The van der Waals surface area contributed by atoms with Gasteiger partial charge in [-0.3, -0.25) is 4.79 Å². The first kappa shape index (κ1) is 17.1. The molecule has 0 saturated heterocycles. The van der Waals surface area contributed by atoms with Crippen molar-refractivity contribution in [1.29, 1.82) is 0 Å². The number of carbonyl (C=O) groups excluding carboxylic acids is 1. The first-order chi connectivity index (χ1) is 10.5. The molecule has 1 aromatic rings. The van der Waals surface area contributed by atoms with E-state index in [0.29, 0.717) is 36.8 Å². The number of amides is 1. The molecule has 122 valence electrons. The number of carbonyl (C=O) groups is 1. The Labute approximate surface area is 136 Å². The molecule has 0 aliphatic heterocycles. The highest BCUT2D eigenvalue weighted by Gasteiger charge is 2.35. The zero-order valence-electron chi connectivity index (χ0n) is 12.7. The topological polar surface area (TPSA) is 75.8 Å². The van der Waals surface area contributed by atoms with Gasteiger partial charge in [-0.25, -0.2) is 0 Å². The smallest absolute Gasteiger partial charge is 0.225 e. The second kappa shape index (κ2) is 7.81. The summed E-state index contributed by atoms with van der Waals surface area (Å²) >= 11 is 6.00. The monoisotopic (exact) mass is 326 g/mol. The largest absolute Gasteiger partial charge is 0.492 e. The lowest BCUT2D eigenvalue weighted by Crippen LogP contribution is -2.34. The van der Waals surface area contributed by atoms with E-state index in [4.69, 9.17) is 22.1 Å². The van der Waals surface area contributed by atoms with Gasteiger partial charge in [-0.2, -0.15) is 0 Å². The summed E-state index contributed by atoms with van der Waals surface area (Å²) in [4.78, 5) is 13.9. The van der Waals surface area contributed by atoms with Gasteiger partial charge in [0.25, 0.3) is 0 Å². The summed E-state index contributed by atoms with van der Waals surface area (Å²) in [6, 6.07) is 7.03. The second-order valence-electron chi connectivity index (χ2n) is 5.79. The zero-order valence-corrected chi connectivity index (χ0v) is 13.5. The van der Waals surface area contributed by atoms with Gasteiger partial charge in [0.15, 0.2) is 0 Å². The van der Waals surface area contributed by atoms with Crippen molar-refractivity contribution in [2.75, 3.05) is 20.2 Å². The Morgan fingerprint density at radius 1 is 1.45 bits per heavy atom. The van der Waals surface area contributed by atoms with Crippen LogP contribution in [-0.2, 0) is 4.79 Å². The number of aliphatic hydroxyl groups is 1. The van der Waals surface area contributed by atoms with Crippen molar-refractivity contribution in [3.63, 3.8) is 0 Å². The molecule has 1 aliphatic rings. The van der Waals surface area contributed by atoms with Crippen molar-refractivity contribution >= 4 is 17.5 Å². The number of halogens is 1. The van der Waals surface area contributed by atoms with Crippen LogP contribution in [0.5, 0.6) is 5.75 Å². The minimum atomic E-state index is -0.564. The molecular formula is C16H23ClN2O3. The maximum Gasteiger partial charge on any atom is 0.225 e. The summed E-state index contributed by atoms with van der Waals surface area (Å²) in [5.74, 6) is 0.535. The quantitative estimate of drug-likeness (QED) is 0.780. The van der Waals surface area contributed by atoms with Crippen LogP contribution in [0.4, 0.5) is 0 Å². The first-order valence-electron chi connectivity index (χ1n) is 7.55. The number of nitrogens with zero attached hydrogens (tertiary/aromatic N) is 1. The van der Waals surface area contributed by atoms with Crippen LogP contribution < -0.4 is 10.5 Å². The highest BCUT2D eigenvalue weighted by atomic mass is 35.5. The first-order valence-corrected chi connectivity index (χ1v) is 7.92. The van der Waals surface area contributed by atoms with Gasteiger partial charge in [-0.05, 0) is 31.4 Å². The van der Waals surface area contributed by atoms with Crippen molar-refractivity contribution in [3.05, 3.63) is 29.3 Å². The van der Waals surface area contributed by atoms with Crippen molar-refractivity contribution in [2.45, 2.75) is 31.4 Å². The Hall–Kier alpha value is -1.30. The number of aliphatic hydroxyl groups excluding tert-OH is 1. The lowest BCUT2D eigenvalue weighted by Gasteiger charge is -2.21. The lowest BCUT2D eigenvalue weighted by atomic mass is 10.1. The van der Waals surface area contributed by atoms with Crippen LogP contribution in [0, 0.1) is 5.92 Å². The molecule has 22 heavy (non-hydrogen) atoms. The normalized spacial score (nSPS) is 24.3. The standard InChI is InChI=1S/C16H23ClN2O3/c1-19(16(21)11-9-13(18)14(20)10-11)7-4-8-22-15-6-3-2-5-12(15)17/h2-3,5-6,11,13-14,20H,4,7-10,18H2,1H3/t11-,13+,14+/m0/s1. The molecule has 0 bridgehead atoms. The summed E-state index contributed by atoms with van der Waals surface area (Å²) in [5, 5.41) is 10.2. The van der Waals surface area contributed by atoms with Crippen LogP contribution in [0.15, 0.2) is 24.3 Å². The van der Waals surface area contributed by atoms with Gasteiger partial charge < -0.3 is 20.5 Å². The van der Waals surface area contributed by atoms with Crippen molar-refractivity contribution in [3.8, 4) is 5.75 Å². The van der Waals surface area contributed by atoms with Gasteiger partial charge in [0.1, 0.15) is 5.75 Å². The Morgan fingerprint density at radius 3 is 2.82 bits per heavy atom. The third-order valence-corrected chi connectivity index (χ3v) is 4.35. The Kier molecular flexibility index (Phi) is 6.06. The number of nitrogens with two attached hydrogens (primary N) is 1. The molecule has 1 aromatic carbocycles. The van der Waals surface area contributed by atoms with Crippen molar-refractivity contribution < 1.29 is 14.6 Å². The van der Waals surface area contributed by atoms with E-state index in [1.165, 1.54) is 0 Å². The molecule has 2 rings (SSSR count). The van der Waals surface area contributed by atoms with E-state index in [1.54, 1.807) is 18.0 Å². The highest BCUT2D eigenvalue weighted by molar-refractivity contribution is 6.32. The fourth-order valence-corrected chi connectivity index (χ4v) is 2.91. The van der Waals surface area contributed by atoms with Gasteiger partial charge in [0, 0.05) is 25.6 Å². The predicted octanol–water partition coefficient (Wildman–Crippen LogP) is 1.67. The summed E-state index contributed by atoms with van der Waals surface area (Å²) in [5.41, 5.74) is 5.75. The molecule has 0 aromatic heterocycles. The summed E-state index contributed by atoms with van der Waals surface area (Å²) in [6.45, 7) is 1.10. The minimum Gasteiger partial charge on any atom is -0.492 e. The summed E-state index contributed by atoms with van der Waals surface area (Å²) < 4.78 is 5.60. The van der Waals surface area contributed by atoms with Gasteiger partial charge in [0.2, 0.25) is 5.91 Å². The molecule has 1 amide bonds. The third-order valence-electron chi connectivity index (χ3n) is 4.03. The molecular weight excluding hydrogens is 304 g/mol. The molecule has 0 radical (unpaired) electrons. The van der Waals surface area contributed by atoms with Crippen LogP contribution in [0.1, 0.15) is 19.3 Å². The fourth-order valence-electron chi connectivity index (χ4n) is 2.72. The average Bonchev–Trinajstić information content (AvgIpc) is 2.84. The van der Waals surface area contributed by atoms with E-state index in [1.807, 2.05) is 18.2 Å². The molecule has 0 heterocycles. The van der Waals surface area contributed by atoms with E-state index in [9.17, 15) is 9.90 Å². The van der Waals surface area contributed by atoms with Gasteiger partial charge >= 0.3 is 0 Å². The van der Waals surface area contributed by atoms with Crippen LogP contribution in [0.25, 0.3) is 0 Å². The lowest BCUT2D eigenvalue weighted by molar-refractivity contribution is -0.134. The number of rotatable bonds is 6. The Bertz CT molecular complexity index is 502. The average molecular weight is 327 g/mol. The zero-order chi connectivity index (χ0) is 16.1. The van der Waals surface area contributed by atoms with E-state index < -0.39 is 6.10 Å². The molecule has 6 heteroatoms. The fraction of sp³-hybridized carbons (Fsp3) is 0.562. The molecule has 0 spiro atoms. The summed E-state index contributed by atoms with van der Waals surface area (Å²) in [6.07, 6.45) is 1.17. The highest BCUT2D eigenvalue weighted by Crippen LogP contribution is 2.26. The molecule has 1 saturated carbocycles. The van der Waals surface area contributed by atoms with E-state index >= 15 is 0 Å². The molecule has 5 nitrogen and oxygen atoms in total. The number of hydrogen-bond acceptors (Lipinski definition) is 4. The minimum absolute atomic E-state index is 0.0461. The van der Waals surface area contributed by atoms with Gasteiger partial charge in [0.05, 0.1) is 17.7 Å². The number of benzene rings is 1. The molecule has 3 N–H and O–H groups in total. The molecule has 1 fully saturated rings. The Morgan fingerprint density at radius 2 is 2.18 bits per heavy atom. The maximum absolute atomic E-state index is 12.3. The summed E-state index contributed by atoms with van der Waals surface area (Å²) in [7, 11) is 1.77. The predicted molar refractivity (Wildman–Crippen MR) is 85.9 cm³/mol. The van der Waals surface area contributed by atoms with Crippen LogP contribution in [0.2, 0.25) is 5.02 Å². The number of hydrogen-bond donors (Lipinski definition) is 2. The van der Waals surface area contributed by atoms with E-state index in [0.717, 1.165) is 6.42 Å². The molecule has 1 aliphatic carbocycles. The SMILES string of the molecule is CN(CCCOc1ccccc1Cl)C(=O)[C@H]1C[C@@H](N)[C@H](O)C1. The van der Waals surface area contributed by atoms with E-state index in [2.05, 4.69) is 0 Å². The Balaban J connectivity index is 1.70. The number of ether oxygens (including phenoxy) is 1. The van der Waals surface area contributed by atoms with Crippen molar-refractivity contribution in [1.82, 2.24) is 4.90 Å². The van der Waals surface area contributed by atoms with Crippen LogP contribution >= 0.6 is 11.6 Å². The maximum atomic E-state index is 12.3. The molecule has 0 unspecified atom stereocenters. The van der Waals surface area contributed by atoms with Crippen molar-refractivity contribution in [2.24, 2.45) is 11.7 Å². The van der Waals surface area contributed by atoms with Gasteiger partial charge in [-0.15, -0.1) is 0 Å². The molecule has 3 atom stereocenters.